The third-order valence-electron chi connectivity index (χ3n) is 3.12. The van der Waals surface area contributed by atoms with Gasteiger partial charge in [0.05, 0.1) is 4.92 Å². The summed E-state index contributed by atoms with van der Waals surface area (Å²) in [4.78, 5) is 25.6. The van der Waals surface area contributed by atoms with Crippen LogP contribution in [0.4, 0.5) is 16.2 Å². The van der Waals surface area contributed by atoms with Crippen molar-refractivity contribution in [2.45, 2.75) is 31.7 Å². The van der Waals surface area contributed by atoms with Crippen molar-refractivity contribution >= 4 is 17.4 Å². The van der Waals surface area contributed by atoms with Gasteiger partial charge in [-0.1, -0.05) is 0 Å². The second kappa shape index (κ2) is 4.59. The van der Waals surface area contributed by atoms with E-state index in [1.165, 1.54) is 12.3 Å². The van der Waals surface area contributed by atoms with E-state index in [-0.39, 0.29) is 16.9 Å². The number of nitro groups is 1. The fraction of sp³-hybridized carbons (Fsp3) is 0.455. The Morgan fingerprint density at radius 2 is 2.28 bits per heavy atom. The zero-order valence-corrected chi connectivity index (χ0v) is 9.97. The highest BCUT2D eigenvalue weighted by Crippen LogP contribution is 2.31. The lowest BCUT2D eigenvalue weighted by Gasteiger charge is -2.38. The Labute approximate surface area is 104 Å². The number of hydrogen-bond acceptors (Lipinski definition) is 4. The number of pyridine rings is 1. The number of carbonyl (C=O) groups is 1. The maximum atomic E-state index is 11.7. The maximum absolute atomic E-state index is 11.7. The van der Waals surface area contributed by atoms with Gasteiger partial charge in [-0.05, 0) is 32.3 Å². The van der Waals surface area contributed by atoms with Crippen molar-refractivity contribution in [2.24, 2.45) is 0 Å². The van der Waals surface area contributed by atoms with Crippen LogP contribution in [0.1, 0.15) is 26.2 Å². The van der Waals surface area contributed by atoms with E-state index < -0.39 is 11.0 Å². The molecule has 96 valence electrons. The van der Waals surface area contributed by atoms with E-state index in [1.807, 2.05) is 6.92 Å². The summed E-state index contributed by atoms with van der Waals surface area (Å²) in [5, 5.41) is 16.0. The van der Waals surface area contributed by atoms with Crippen LogP contribution in [0.2, 0.25) is 0 Å². The van der Waals surface area contributed by atoms with E-state index >= 15 is 0 Å². The predicted molar refractivity (Wildman–Crippen MR) is 65.3 cm³/mol. The number of aromatic nitrogens is 1. The van der Waals surface area contributed by atoms with Gasteiger partial charge in [0.1, 0.15) is 11.9 Å². The van der Waals surface area contributed by atoms with Crippen LogP contribution in [0.3, 0.4) is 0 Å². The minimum Gasteiger partial charge on any atom is -0.333 e. The van der Waals surface area contributed by atoms with Crippen molar-refractivity contribution in [3.05, 3.63) is 28.6 Å². The second-order valence-electron chi connectivity index (χ2n) is 4.64. The van der Waals surface area contributed by atoms with Crippen LogP contribution >= 0.6 is 0 Å². The zero-order valence-electron chi connectivity index (χ0n) is 9.97. The van der Waals surface area contributed by atoms with Crippen LogP contribution in [0, 0.1) is 10.1 Å². The molecule has 1 fully saturated rings. The van der Waals surface area contributed by atoms with Crippen LogP contribution in [0.15, 0.2) is 18.5 Å². The number of anilines is 1. The van der Waals surface area contributed by atoms with E-state index in [0.29, 0.717) is 0 Å². The summed E-state index contributed by atoms with van der Waals surface area (Å²) in [6.45, 7) is 1.96. The molecule has 0 aromatic carbocycles. The molecule has 7 heteroatoms. The molecule has 1 aromatic rings. The van der Waals surface area contributed by atoms with Gasteiger partial charge in [0.15, 0.2) is 0 Å². The molecule has 2 N–H and O–H groups in total. The largest absolute Gasteiger partial charge is 0.333 e. The molecule has 0 radical (unpaired) electrons. The minimum absolute atomic E-state index is 0.149. The topological polar surface area (TPSA) is 97.2 Å². The van der Waals surface area contributed by atoms with Crippen LogP contribution in [0.5, 0.6) is 0 Å². The number of rotatable bonds is 3. The molecular weight excluding hydrogens is 236 g/mol. The van der Waals surface area contributed by atoms with Gasteiger partial charge < -0.3 is 10.6 Å². The molecule has 2 rings (SSSR count). The van der Waals surface area contributed by atoms with Crippen molar-refractivity contribution in [1.82, 2.24) is 10.3 Å². The molecule has 1 aliphatic carbocycles. The van der Waals surface area contributed by atoms with Gasteiger partial charge >= 0.3 is 11.7 Å². The lowest BCUT2D eigenvalue weighted by atomic mass is 9.79. The highest BCUT2D eigenvalue weighted by molar-refractivity contribution is 5.92. The molecule has 1 saturated carbocycles. The lowest BCUT2D eigenvalue weighted by molar-refractivity contribution is -0.384. The molecule has 0 atom stereocenters. The minimum atomic E-state index is -0.576. The molecule has 7 nitrogen and oxygen atoms in total. The third kappa shape index (κ3) is 2.55. The first-order chi connectivity index (χ1) is 8.50. The fourth-order valence-electron chi connectivity index (χ4n) is 1.90. The predicted octanol–water partition coefficient (Wildman–Crippen LogP) is 2.05. The molecule has 0 unspecified atom stereocenters. The Morgan fingerprint density at radius 1 is 1.56 bits per heavy atom. The van der Waals surface area contributed by atoms with Crippen molar-refractivity contribution in [1.29, 1.82) is 0 Å². The lowest BCUT2D eigenvalue weighted by Crippen LogP contribution is -2.52. The average molecular weight is 250 g/mol. The Kier molecular flexibility index (Phi) is 3.14. The molecule has 0 bridgehead atoms. The van der Waals surface area contributed by atoms with E-state index in [0.717, 1.165) is 25.5 Å². The van der Waals surface area contributed by atoms with Crippen molar-refractivity contribution in [3.63, 3.8) is 0 Å². The van der Waals surface area contributed by atoms with Gasteiger partial charge in [-0.3, -0.25) is 15.1 Å². The normalized spacial score (nSPS) is 16.5. The molecular formula is C11H14N4O3. The standard InChI is InChI=1S/C11H14N4O3/c1-11(4-2-5-11)14-10(16)13-8-3-6-12-7-9(8)15(17)18/h3,6-7H,2,4-5H2,1H3,(H2,12,13,14,16). The van der Waals surface area contributed by atoms with Gasteiger partial charge in [0.25, 0.3) is 0 Å². The van der Waals surface area contributed by atoms with Gasteiger partial charge in [-0.2, -0.15) is 0 Å². The smallest absolute Gasteiger partial charge is 0.319 e. The van der Waals surface area contributed by atoms with Gasteiger partial charge in [0.2, 0.25) is 0 Å². The van der Waals surface area contributed by atoms with E-state index in [1.54, 1.807) is 0 Å². The third-order valence-corrected chi connectivity index (χ3v) is 3.12. The summed E-state index contributed by atoms with van der Waals surface area (Å²) >= 11 is 0. The van der Waals surface area contributed by atoms with Crippen molar-refractivity contribution in [2.75, 3.05) is 5.32 Å². The highest BCUT2D eigenvalue weighted by atomic mass is 16.6. The average Bonchev–Trinajstić information content (AvgIpc) is 2.27. The monoisotopic (exact) mass is 250 g/mol. The SMILES string of the molecule is CC1(NC(=O)Nc2ccncc2[N+](=O)[O-])CCC1. The number of nitrogens with zero attached hydrogens (tertiary/aromatic N) is 2. The summed E-state index contributed by atoms with van der Waals surface area (Å²) in [6, 6.07) is 0.979. The van der Waals surface area contributed by atoms with E-state index in [2.05, 4.69) is 15.6 Å². The second-order valence-corrected chi connectivity index (χ2v) is 4.64. The first kappa shape index (κ1) is 12.3. The summed E-state index contributed by atoms with van der Waals surface area (Å²) in [6.07, 6.45) is 5.46. The summed E-state index contributed by atoms with van der Waals surface area (Å²) in [5.74, 6) is 0. The van der Waals surface area contributed by atoms with Gasteiger partial charge in [-0.25, -0.2) is 4.79 Å². The van der Waals surface area contributed by atoms with Crippen molar-refractivity contribution < 1.29 is 9.72 Å². The molecule has 0 aliphatic heterocycles. The van der Waals surface area contributed by atoms with Gasteiger partial charge in [0, 0.05) is 11.7 Å². The number of urea groups is 1. The Bertz CT molecular complexity index is 485. The van der Waals surface area contributed by atoms with Crippen LogP contribution in [0.25, 0.3) is 0 Å². The summed E-state index contributed by atoms with van der Waals surface area (Å²) in [7, 11) is 0. The van der Waals surface area contributed by atoms with Crippen LogP contribution in [-0.2, 0) is 0 Å². The molecule has 2 amide bonds. The molecule has 0 spiro atoms. The van der Waals surface area contributed by atoms with Crippen LogP contribution in [-0.4, -0.2) is 21.5 Å². The van der Waals surface area contributed by atoms with Gasteiger partial charge in [-0.15, -0.1) is 0 Å². The summed E-state index contributed by atoms with van der Waals surface area (Å²) < 4.78 is 0. The number of hydrogen-bond donors (Lipinski definition) is 2. The molecule has 18 heavy (non-hydrogen) atoms. The quantitative estimate of drug-likeness (QED) is 0.633. The first-order valence-corrected chi connectivity index (χ1v) is 5.68. The maximum Gasteiger partial charge on any atom is 0.319 e. The Morgan fingerprint density at radius 3 is 2.83 bits per heavy atom. The molecule has 1 aliphatic rings. The first-order valence-electron chi connectivity index (χ1n) is 5.68. The fourth-order valence-corrected chi connectivity index (χ4v) is 1.90. The molecule has 1 aromatic heterocycles. The number of nitrogens with one attached hydrogen (secondary N) is 2. The summed E-state index contributed by atoms with van der Waals surface area (Å²) in [5.41, 5.74) is -0.256. The van der Waals surface area contributed by atoms with E-state index in [4.69, 9.17) is 0 Å². The molecule has 1 heterocycles. The van der Waals surface area contributed by atoms with Crippen molar-refractivity contribution in [3.8, 4) is 0 Å². The Hall–Kier alpha value is -2.18. The highest BCUT2D eigenvalue weighted by Gasteiger charge is 2.33. The Balaban J connectivity index is 2.05. The number of carbonyl (C=O) groups excluding carboxylic acids is 1. The number of amides is 2. The zero-order chi connectivity index (χ0) is 13.2. The van der Waals surface area contributed by atoms with E-state index in [9.17, 15) is 14.9 Å². The molecule has 0 saturated heterocycles. The van der Waals surface area contributed by atoms with Crippen LogP contribution < -0.4 is 10.6 Å².